The number of sulfonamides is 1. The van der Waals surface area contributed by atoms with Crippen molar-refractivity contribution in [2.45, 2.75) is 52.9 Å². The molecule has 2 heterocycles. The van der Waals surface area contributed by atoms with Crippen LogP contribution in [0, 0.1) is 5.92 Å². The zero-order chi connectivity index (χ0) is 17.6. The summed E-state index contributed by atoms with van der Waals surface area (Å²) in [6.07, 6.45) is 4.16. The topological polar surface area (TPSA) is 88.1 Å². The Labute approximate surface area is 145 Å². The van der Waals surface area contributed by atoms with Gasteiger partial charge in [0.2, 0.25) is 16.0 Å². The molecule has 8 heteroatoms. The molecule has 0 amide bonds. The highest BCUT2D eigenvalue weighted by Gasteiger charge is 2.30. The van der Waals surface area contributed by atoms with Crippen molar-refractivity contribution in [3.05, 3.63) is 11.4 Å². The molecule has 1 aliphatic heterocycles. The van der Waals surface area contributed by atoms with E-state index in [1.807, 2.05) is 13.8 Å². The molecule has 1 aromatic rings. The fourth-order valence-corrected chi connectivity index (χ4v) is 4.65. The van der Waals surface area contributed by atoms with Gasteiger partial charge in [0.25, 0.3) is 0 Å². The highest BCUT2D eigenvalue weighted by atomic mass is 32.2. The fourth-order valence-electron chi connectivity index (χ4n) is 2.92. The van der Waals surface area contributed by atoms with Gasteiger partial charge in [0.05, 0.1) is 17.1 Å². The third-order valence-electron chi connectivity index (χ3n) is 4.46. The van der Waals surface area contributed by atoms with Crippen LogP contribution in [0.4, 0.5) is 5.95 Å². The van der Waals surface area contributed by atoms with Crippen molar-refractivity contribution in [1.29, 1.82) is 0 Å². The molecule has 0 spiro atoms. The maximum Gasteiger partial charge on any atom is 0.242 e. The van der Waals surface area contributed by atoms with Crippen LogP contribution in [0.15, 0.2) is 0 Å². The molecule has 2 rings (SSSR count). The predicted molar refractivity (Wildman–Crippen MR) is 95.4 cm³/mol. The molecule has 1 N–H and O–H groups in total. The predicted octanol–water partition coefficient (Wildman–Crippen LogP) is 1.86. The molecule has 0 bridgehead atoms. The first-order valence-electron chi connectivity index (χ1n) is 8.94. The number of unbranched alkanes of at least 4 members (excludes halogenated alkanes) is 1. The third-order valence-corrected chi connectivity index (χ3v) is 6.38. The smallest absolute Gasteiger partial charge is 0.242 e. The molecule has 7 nitrogen and oxygen atoms in total. The second kappa shape index (κ2) is 8.71. The Morgan fingerprint density at radius 2 is 1.92 bits per heavy atom. The average Bonchev–Trinajstić information content (AvgIpc) is 3.08. The molecule has 24 heavy (non-hydrogen) atoms. The maximum absolute atomic E-state index is 12.2. The molecule has 1 aliphatic rings. The van der Waals surface area contributed by atoms with Crippen LogP contribution in [-0.4, -0.2) is 53.3 Å². The van der Waals surface area contributed by atoms with E-state index in [1.165, 1.54) is 0 Å². The van der Waals surface area contributed by atoms with Crippen molar-refractivity contribution >= 4 is 16.0 Å². The number of aryl methyl sites for hydroxylation is 2. The zero-order valence-electron chi connectivity index (χ0n) is 15.0. The summed E-state index contributed by atoms with van der Waals surface area (Å²) in [6, 6.07) is 0. The molecule has 136 valence electrons. The summed E-state index contributed by atoms with van der Waals surface area (Å²) >= 11 is 0. The highest BCUT2D eigenvalue weighted by molar-refractivity contribution is 7.89. The van der Waals surface area contributed by atoms with Crippen LogP contribution < -0.4 is 5.32 Å². The summed E-state index contributed by atoms with van der Waals surface area (Å²) in [6.45, 7) is 7.99. The number of hydrogen-bond acceptors (Lipinski definition) is 6. The summed E-state index contributed by atoms with van der Waals surface area (Å²) in [7, 11) is -3.10. The van der Waals surface area contributed by atoms with Gasteiger partial charge >= 0.3 is 0 Å². The van der Waals surface area contributed by atoms with Crippen molar-refractivity contribution in [2.75, 3.05) is 30.7 Å². The zero-order valence-corrected chi connectivity index (χ0v) is 15.8. The summed E-state index contributed by atoms with van der Waals surface area (Å²) in [4.78, 5) is 4.51. The Hall–Kier alpha value is -1.28. The van der Waals surface area contributed by atoms with E-state index in [9.17, 15) is 8.42 Å². The minimum absolute atomic E-state index is 0.259. The summed E-state index contributed by atoms with van der Waals surface area (Å²) < 4.78 is 26.1. The van der Waals surface area contributed by atoms with Crippen molar-refractivity contribution in [1.82, 2.24) is 19.5 Å². The van der Waals surface area contributed by atoms with Gasteiger partial charge in [0.15, 0.2) is 0 Å². The van der Waals surface area contributed by atoms with Gasteiger partial charge < -0.3 is 5.32 Å². The molecule has 0 aliphatic carbocycles. The lowest BCUT2D eigenvalue weighted by Crippen LogP contribution is -2.31. The van der Waals surface area contributed by atoms with Gasteiger partial charge in [-0.05, 0) is 31.6 Å². The monoisotopic (exact) mass is 355 g/mol. The molecule has 1 aromatic heterocycles. The van der Waals surface area contributed by atoms with E-state index in [0.717, 1.165) is 43.5 Å². The Morgan fingerprint density at radius 3 is 2.58 bits per heavy atom. The van der Waals surface area contributed by atoms with Crippen LogP contribution in [0.5, 0.6) is 0 Å². The molecular formula is C16H29N5O2S. The number of nitrogens with one attached hydrogen (secondary N) is 1. The molecule has 1 fully saturated rings. The van der Waals surface area contributed by atoms with E-state index in [1.54, 1.807) is 4.31 Å². The van der Waals surface area contributed by atoms with E-state index >= 15 is 0 Å². The van der Waals surface area contributed by atoms with E-state index in [4.69, 9.17) is 0 Å². The Morgan fingerprint density at radius 1 is 1.17 bits per heavy atom. The average molecular weight is 356 g/mol. The lowest BCUT2D eigenvalue weighted by atomic mass is 10.1. The first-order chi connectivity index (χ1) is 11.5. The molecule has 0 saturated carbocycles. The van der Waals surface area contributed by atoms with E-state index in [2.05, 4.69) is 27.4 Å². The minimum atomic E-state index is -3.10. The normalized spacial score (nSPS) is 18.9. The van der Waals surface area contributed by atoms with Crippen LogP contribution in [0.1, 0.15) is 51.4 Å². The number of rotatable bonds is 9. The van der Waals surface area contributed by atoms with Gasteiger partial charge in [-0.25, -0.2) is 17.7 Å². The first kappa shape index (κ1) is 19.1. The maximum atomic E-state index is 12.2. The molecule has 1 saturated heterocycles. The van der Waals surface area contributed by atoms with Crippen molar-refractivity contribution in [3.63, 3.8) is 0 Å². The van der Waals surface area contributed by atoms with Crippen LogP contribution in [0.25, 0.3) is 0 Å². The second-order valence-corrected chi connectivity index (χ2v) is 8.39. The van der Waals surface area contributed by atoms with Crippen LogP contribution >= 0.6 is 0 Å². The fraction of sp³-hybridized carbons (Fsp3) is 0.812. The molecule has 1 unspecified atom stereocenters. The van der Waals surface area contributed by atoms with Gasteiger partial charge in [0, 0.05) is 19.6 Å². The van der Waals surface area contributed by atoms with Crippen LogP contribution in [0.3, 0.4) is 0 Å². The van der Waals surface area contributed by atoms with E-state index in [0.29, 0.717) is 31.5 Å². The van der Waals surface area contributed by atoms with Gasteiger partial charge in [-0.15, -0.1) is 5.10 Å². The molecular weight excluding hydrogens is 326 g/mol. The standard InChI is InChI=1S/C16H29N5O2S/c1-4-7-10-24(22,23)21-9-8-13(12-21)11-17-16-18-14(5-2)15(6-3)19-20-16/h13H,4-12H2,1-3H3,(H,17,18,20). The number of anilines is 1. The molecule has 0 aromatic carbocycles. The summed E-state index contributed by atoms with van der Waals surface area (Å²) in [5.41, 5.74) is 1.92. The van der Waals surface area contributed by atoms with E-state index < -0.39 is 10.0 Å². The lowest BCUT2D eigenvalue weighted by molar-refractivity contribution is 0.459. The lowest BCUT2D eigenvalue weighted by Gasteiger charge is -2.16. The number of nitrogens with zero attached hydrogens (tertiary/aromatic N) is 4. The molecule has 0 radical (unpaired) electrons. The van der Waals surface area contributed by atoms with E-state index in [-0.39, 0.29) is 5.75 Å². The van der Waals surface area contributed by atoms with Gasteiger partial charge in [-0.1, -0.05) is 27.2 Å². The van der Waals surface area contributed by atoms with Crippen LogP contribution in [-0.2, 0) is 22.9 Å². The Kier molecular flexibility index (Phi) is 6.91. The van der Waals surface area contributed by atoms with Gasteiger partial charge in [-0.3, -0.25) is 0 Å². The quantitative estimate of drug-likeness (QED) is 0.727. The Bertz CT molecular complexity index is 635. The summed E-state index contributed by atoms with van der Waals surface area (Å²) in [5, 5.41) is 11.6. The molecule has 1 atom stereocenters. The van der Waals surface area contributed by atoms with Gasteiger partial charge in [0.1, 0.15) is 0 Å². The first-order valence-corrected chi connectivity index (χ1v) is 10.5. The van der Waals surface area contributed by atoms with Crippen LogP contribution in [0.2, 0.25) is 0 Å². The summed E-state index contributed by atoms with van der Waals surface area (Å²) in [5.74, 6) is 1.09. The van der Waals surface area contributed by atoms with Gasteiger partial charge in [-0.2, -0.15) is 5.10 Å². The van der Waals surface area contributed by atoms with Crippen molar-refractivity contribution in [2.24, 2.45) is 5.92 Å². The number of hydrogen-bond donors (Lipinski definition) is 1. The third kappa shape index (κ3) is 4.86. The second-order valence-electron chi connectivity index (χ2n) is 6.30. The SMILES string of the molecule is CCCCS(=O)(=O)N1CCC(CNc2nnc(CC)c(CC)n2)C1. The highest BCUT2D eigenvalue weighted by Crippen LogP contribution is 2.20. The van der Waals surface area contributed by atoms with Crippen molar-refractivity contribution in [3.8, 4) is 0 Å². The van der Waals surface area contributed by atoms with Crippen molar-refractivity contribution < 1.29 is 8.42 Å². The minimum Gasteiger partial charge on any atom is -0.353 e. The number of aromatic nitrogens is 3. The Balaban J connectivity index is 1.88. The largest absolute Gasteiger partial charge is 0.353 e.